The van der Waals surface area contributed by atoms with Crippen molar-refractivity contribution in [2.24, 2.45) is 5.16 Å². The van der Waals surface area contributed by atoms with E-state index in [2.05, 4.69) is 21.1 Å². The summed E-state index contributed by atoms with van der Waals surface area (Å²) >= 11 is 2.83. The third kappa shape index (κ3) is 1.92. The van der Waals surface area contributed by atoms with Gasteiger partial charge in [0.15, 0.2) is 4.62 Å². The predicted octanol–water partition coefficient (Wildman–Crippen LogP) is 2.05. The summed E-state index contributed by atoms with van der Waals surface area (Å²) < 4.78 is -0.0892. The molecule has 3 nitrogen and oxygen atoms in total. The second-order valence-corrected chi connectivity index (χ2v) is 2.84. The van der Waals surface area contributed by atoms with E-state index in [9.17, 15) is 4.79 Å². The number of carbonyl (C=O) groups is 1. The van der Waals surface area contributed by atoms with Gasteiger partial charge in [0, 0.05) is 5.56 Å². The van der Waals surface area contributed by atoms with E-state index in [1.54, 1.807) is 30.3 Å². The monoisotopic (exact) mass is 227 g/mol. The van der Waals surface area contributed by atoms with Gasteiger partial charge in [0.05, 0.1) is 0 Å². The van der Waals surface area contributed by atoms with E-state index in [-0.39, 0.29) is 10.4 Å². The molecule has 0 bridgehead atoms. The van der Waals surface area contributed by atoms with Crippen LogP contribution >= 0.6 is 15.9 Å². The molecule has 0 aliphatic carbocycles. The van der Waals surface area contributed by atoms with Crippen molar-refractivity contribution in [2.45, 2.75) is 0 Å². The van der Waals surface area contributed by atoms with Gasteiger partial charge < -0.3 is 5.21 Å². The molecule has 0 aliphatic heterocycles. The molecule has 1 N–H and O–H groups in total. The quantitative estimate of drug-likeness (QED) is 0.364. The van der Waals surface area contributed by atoms with E-state index in [1.165, 1.54) is 0 Å². The first kappa shape index (κ1) is 8.93. The van der Waals surface area contributed by atoms with Crippen LogP contribution in [0.1, 0.15) is 10.4 Å². The zero-order valence-corrected chi connectivity index (χ0v) is 7.65. The van der Waals surface area contributed by atoms with Gasteiger partial charge in [0.2, 0.25) is 5.78 Å². The van der Waals surface area contributed by atoms with Crippen LogP contribution < -0.4 is 0 Å². The van der Waals surface area contributed by atoms with E-state index >= 15 is 0 Å². The van der Waals surface area contributed by atoms with E-state index in [0.29, 0.717) is 5.56 Å². The van der Waals surface area contributed by atoms with Crippen LogP contribution in [0.5, 0.6) is 0 Å². The Kier molecular flexibility index (Phi) is 2.99. The van der Waals surface area contributed by atoms with Crippen molar-refractivity contribution in [1.29, 1.82) is 0 Å². The molecule has 0 spiro atoms. The fourth-order valence-corrected chi connectivity index (χ4v) is 0.983. The highest BCUT2D eigenvalue weighted by molar-refractivity contribution is 9.19. The second kappa shape index (κ2) is 4.01. The topological polar surface area (TPSA) is 49.7 Å². The highest BCUT2D eigenvalue weighted by Crippen LogP contribution is 2.04. The molecule has 12 heavy (non-hydrogen) atoms. The average Bonchev–Trinajstić information content (AvgIpc) is 2.17. The van der Waals surface area contributed by atoms with Gasteiger partial charge in [-0.1, -0.05) is 35.5 Å². The van der Waals surface area contributed by atoms with Crippen molar-refractivity contribution in [3.05, 3.63) is 35.9 Å². The molecular weight excluding hydrogens is 222 g/mol. The Morgan fingerprint density at radius 1 is 1.33 bits per heavy atom. The maximum atomic E-state index is 11.2. The zero-order chi connectivity index (χ0) is 8.97. The molecule has 0 saturated carbocycles. The van der Waals surface area contributed by atoms with Crippen molar-refractivity contribution < 1.29 is 10.0 Å². The highest BCUT2D eigenvalue weighted by atomic mass is 79.9. The van der Waals surface area contributed by atoms with Gasteiger partial charge in [-0.15, -0.1) is 0 Å². The summed E-state index contributed by atoms with van der Waals surface area (Å²) in [4.78, 5) is 11.2. The first-order valence-corrected chi connectivity index (χ1v) is 4.02. The van der Waals surface area contributed by atoms with E-state index in [1.807, 2.05) is 0 Å². The van der Waals surface area contributed by atoms with Gasteiger partial charge in [-0.05, 0) is 15.9 Å². The minimum atomic E-state index is -0.335. The summed E-state index contributed by atoms with van der Waals surface area (Å²) in [6.45, 7) is 0. The molecule has 0 amide bonds. The SMILES string of the molecule is O=C(C(Br)=NO)c1ccccc1. The summed E-state index contributed by atoms with van der Waals surface area (Å²) in [6.07, 6.45) is 0. The predicted molar refractivity (Wildman–Crippen MR) is 48.9 cm³/mol. The molecule has 0 aromatic heterocycles. The number of halogens is 1. The van der Waals surface area contributed by atoms with Crippen molar-refractivity contribution in [1.82, 2.24) is 0 Å². The molecule has 1 aromatic rings. The number of oxime groups is 1. The summed E-state index contributed by atoms with van der Waals surface area (Å²) in [5, 5.41) is 11.0. The van der Waals surface area contributed by atoms with Crippen LogP contribution in [0.25, 0.3) is 0 Å². The number of rotatable bonds is 2. The number of hydrogen-bond donors (Lipinski definition) is 1. The fraction of sp³-hybridized carbons (Fsp3) is 0. The third-order valence-corrected chi connectivity index (χ3v) is 1.83. The van der Waals surface area contributed by atoms with Crippen molar-refractivity contribution in [3.63, 3.8) is 0 Å². The standard InChI is InChI=1S/C8H6BrNO2/c9-8(10-12)7(11)6-4-2-1-3-5-6/h1-5,12H. The lowest BCUT2D eigenvalue weighted by Gasteiger charge is -1.94. The Bertz CT molecular complexity index is 308. The Morgan fingerprint density at radius 2 is 1.92 bits per heavy atom. The lowest BCUT2D eigenvalue weighted by molar-refractivity contribution is 0.106. The molecule has 62 valence electrons. The van der Waals surface area contributed by atoms with Crippen molar-refractivity contribution in [2.75, 3.05) is 0 Å². The first-order chi connectivity index (χ1) is 5.75. The summed E-state index contributed by atoms with van der Waals surface area (Å²) in [7, 11) is 0. The molecule has 0 radical (unpaired) electrons. The van der Waals surface area contributed by atoms with E-state index < -0.39 is 0 Å². The number of carbonyl (C=O) groups excluding carboxylic acids is 1. The molecule has 0 unspecified atom stereocenters. The van der Waals surface area contributed by atoms with Crippen LogP contribution in [-0.2, 0) is 0 Å². The smallest absolute Gasteiger partial charge is 0.221 e. The van der Waals surface area contributed by atoms with E-state index in [4.69, 9.17) is 5.21 Å². The minimum absolute atomic E-state index is 0.0892. The van der Waals surface area contributed by atoms with E-state index in [0.717, 1.165) is 0 Å². The maximum absolute atomic E-state index is 11.2. The van der Waals surface area contributed by atoms with Crippen LogP contribution in [-0.4, -0.2) is 15.6 Å². The van der Waals surface area contributed by atoms with Crippen molar-refractivity contribution >= 4 is 26.3 Å². The van der Waals surface area contributed by atoms with Crippen LogP contribution in [0, 0.1) is 0 Å². The van der Waals surface area contributed by atoms with Gasteiger partial charge in [0.25, 0.3) is 0 Å². The van der Waals surface area contributed by atoms with Crippen molar-refractivity contribution in [3.8, 4) is 0 Å². The molecule has 0 atom stereocenters. The van der Waals surface area contributed by atoms with Crippen LogP contribution in [0.2, 0.25) is 0 Å². The molecule has 0 saturated heterocycles. The number of benzene rings is 1. The van der Waals surface area contributed by atoms with Crippen LogP contribution in [0.3, 0.4) is 0 Å². The second-order valence-electron chi connectivity index (χ2n) is 2.09. The molecule has 4 heteroatoms. The number of ketones is 1. The first-order valence-electron chi connectivity index (χ1n) is 3.23. The van der Waals surface area contributed by atoms with Crippen LogP contribution in [0.4, 0.5) is 0 Å². The lowest BCUT2D eigenvalue weighted by Crippen LogP contribution is -2.06. The summed E-state index contributed by atoms with van der Waals surface area (Å²) in [6, 6.07) is 8.58. The van der Waals surface area contributed by atoms with Gasteiger partial charge >= 0.3 is 0 Å². The van der Waals surface area contributed by atoms with Gasteiger partial charge in [-0.2, -0.15) is 0 Å². The number of Topliss-reactive ketones (excluding diaryl/α,β-unsaturated/α-hetero) is 1. The zero-order valence-electron chi connectivity index (χ0n) is 6.07. The Balaban J connectivity index is 2.94. The third-order valence-electron chi connectivity index (χ3n) is 1.31. The normalized spacial score (nSPS) is 11.2. The molecule has 0 aliphatic rings. The summed E-state index contributed by atoms with van der Waals surface area (Å²) in [5.74, 6) is -0.335. The Hall–Kier alpha value is -1.16. The molecule has 1 rings (SSSR count). The molecule has 0 fully saturated rings. The lowest BCUT2D eigenvalue weighted by atomic mass is 10.1. The van der Waals surface area contributed by atoms with Crippen LogP contribution in [0.15, 0.2) is 35.5 Å². The molecular formula is C8H6BrNO2. The summed E-state index contributed by atoms with van der Waals surface area (Å²) in [5.41, 5.74) is 0.488. The molecule has 0 heterocycles. The van der Waals surface area contributed by atoms with Gasteiger partial charge in [-0.3, -0.25) is 4.79 Å². The van der Waals surface area contributed by atoms with Gasteiger partial charge in [-0.25, -0.2) is 0 Å². The maximum Gasteiger partial charge on any atom is 0.221 e. The number of nitrogens with zero attached hydrogens (tertiary/aromatic N) is 1. The Labute approximate surface area is 77.8 Å². The molecule has 1 aromatic carbocycles. The average molecular weight is 228 g/mol. The van der Waals surface area contributed by atoms with Gasteiger partial charge in [0.1, 0.15) is 0 Å². The number of hydrogen-bond acceptors (Lipinski definition) is 3. The fourth-order valence-electron chi connectivity index (χ4n) is 0.754. The largest absolute Gasteiger partial charge is 0.410 e. The minimum Gasteiger partial charge on any atom is -0.410 e. The highest BCUT2D eigenvalue weighted by Gasteiger charge is 2.09. The Morgan fingerprint density at radius 3 is 2.42 bits per heavy atom.